The van der Waals surface area contributed by atoms with E-state index in [2.05, 4.69) is 53.7 Å². The Bertz CT molecular complexity index is 797. The van der Waals surface area contributed by atoms with Gasteiger partial charge in [-0.3, -0.25) is 4.79 Å². The van der Waals surface area contributed by atoms with Gasteiger partial charge in [0.25, 0.3) is 0 Å². The monoisotopic (exact) mass is 364 g/mol. The molecule has 1 N–H and O–H groups in total. The fraction of sp³-hybridized carbons (Fsp3) is 0.435. The average Bonchev–Trinajstić information content (AvgIpc) is 2.92. The average molecular weight is 364 g/mol. The molecule has 1 heterocycles. The van der Waals surface area contributed by atoms with E-state index in [4.69, 9.17) is 4.74 Å². The number of ether oxygens (including phenoxy) is 1. The van der Waals surface area contributed by atoms with E-state index in [0.717, 1.165) is 31.5 Å². The van der Waals surface area contributed by atoms with Gasteiger partial charge in [-0.05, 0) is 49.7 Å². The molecule has 2 aliphatic rings. The molecule has 1 saturated heterocycles. The Morgan fingerprint density at radius 2 is 1.78 bits per heavy atom. The first-order valence-electron chi connectivity index (χ1n) is 9.81. The minimum atomic E-state index is -0.0918. The number of carbonyl (C=O) groups is 1. The van der Waals surface area contributed by atoms with Crippen molar-refractivity contribution in [1.82, 2.24) is 10.2 Å². The minimum Gasteiger partial charge on any atom is -0.370 e. The summed E-state index contributed by atoms with van der Waals surface area (Å²) in [5, 5.41) is 3.19. The van der Waals surface area contributed by atoms with Crippen molar-refractivity contribution in [3.63, 3.8) is 0 Å². The molecule has 0 aromatic heterocycles. The van der Waals surface area contributed by atoms with Gasteiger partial charge in [-0.25, -0.2) is 0 Å². The Labute approximate surface area is 161 Å². The smallest absolute Gasteiger partial charge is 0.217 e. The van der Waals surface area contributed by atoms with Gasteiger partial charge in [0.2, 0.25) is 5.91 Å². The number of piperidine rings is 1. The Kier molecular flexibility index (Phi) is 5.02. The lowest BCUT2D eigenvalue weighted by molar-refractivity contribution is -0.122. The Morgan fingerprint density at radius 3 is 2.48 bits per heavy atom. The SMILES string of the molecule is CC(=O)N[C@@H]1c2ccccc2C2(CCN(C)CC2)[C@H]1OCc1ccccc1. The van der Waals surface area contributed by atoms with Crippen molar-refractivity contribution in [3.05, 3.63) is 71.3 Å². The molecule has 1 amide bonds. The lowest BCUT2D eigenvalue weighted by Gasteiger charge is -2.43. The van der Waals surface area contributed by atoms with E-state index in [1.807, 2.05) is 18.2 Å². The highest BCUT2D eigenvalue weighted by molar-refractivity contribution is 5.74. The minimum absolute atomic E-state index is 0.00640. The fourth-order valence-corrected chi connectivity index (χ4v) is 4.82. The number of nitrogens with zero attached hydrogens (tertiary/aromatic N) is 1. The highest BCUT2D eigenvalue weighted by atomic mass is 16.5. The van der Waals surface area contributed by atoms with Gasteiger partial charge in [0.1, 0.15) is 0 Å². The van der Waals surface area contributed by atoms with Gasteiger partial charge in [0, 0.05) is 12.3 Å². The second-order valence-electron chi connectivity index (χ2n) is 7.94. The normalized spacial score (nSPS) is 23.9. The van der Waals surface area contributed by atoms with E-state index in [-0.39, 0.29) is 23.5 Å². The van der Waals surface area contributed by atoms with E-state index in [1.54, 1.807) is 6.92 Å². The number of hydrogen-bond acceptors (Lipinski definition) is 3. The first kappa shape index (κ1) is 18.2. The summed E-state index contributed by atoms with van der Waals surface area (Å²) >= 11 is 0. The fourth-order valence-electron chi connectivity index (χ4n) is 4.82. The van der Waals surface area contributed by atoms with Crippen LogP contribution in [0.4, 0.5) is 0 Å². The summed E-state index contributed by atoms with van der Waals surface area (Å²) in [6, 6.07) is 18.8. The topological polar surface area (TPSA) is 41.6 Å². The van der Waals surface area contributed by atoms with Crippen LogP contribution in [0.25, 0.3) is 0 Å². The van der Waals surface area contributed by atoms with Crippen LogP contribution in [-0.2, 0) is 21.6 Å². The van der Waals surface area contributed by atoms with Crippen molar-refractivity contribution in [2.75, 3.05) is 20.1 Å². The van der Waals surface area contributed by atoms with Crippen molar-refractivity contribution < 1.29 is 9.53 Å². The van der Waals surface area contributed by atoms with E-state index in [9.17, 15) is 4.79 Å². The molecule has 0 bridgehead atoms. The lowest BCUT2D eigenvalue weighted by Crippen LogP contribution is -2.50. The van der Waals surface area contributed by atoms with E-state index in [1.165, 1.54) is 11.1 Å². The summed E-state index contributed by atoms with van der Waals surface area (Å²) in [5.74, 6) is -0.00640. The van der Waals surface area contributed by atoms with Crippen molar-refractivity contribution in [2.24, 2.45) is 0 Å². The van der Waals surface area contributed by atoms with Gasteiger partial charge in [-0.15, -0.1) is 0 Å². The molecule has 2 aromatic carbocycles. The third-order valence-corrected chi connectivity index (χ3v) is 6.19. The third kappa shape index (κ3) is 3.40. The lowest BCUT2D eigenvalue weighted by atomic mass is 9.72. The quantitative estimate of drug-likeness (QED) is 0.904. The molecule has 27 heavy (non-hydrogen) atoms. The molecular formula is C23H28N2O2. The Hall–Kier alpha value is -2.17. The number of hydrogen-bond donors (Lipinski definition) is 1. The first-order chi connectivity index (χ1) is 13.1. The summed E-state index contributed by atoms with van der Waals surface area (Å²) in [6.45, 7) is 4.25. The zero-order chi connectivity index (χ0) is 18.9. The van der Waals surface area contributed by atoms with Crippen molar-refractivity contribution in [1.29, 1.82) is 0 Å². The second kappa shape index (κ2) is 7.45. The number of benzene rings is 2. The summed E-state index contributed by atoms with van der Waals surface area (Å²) in [5.41, 5.74) is 3.70. The van der Waals surface area contributed by atoms with E-state index >= 15 is 0 Å². The van der Waals surface area contributed by atoms with Gasteiger partial charge in [-0.1, -0.05) is 54.6 Å². The molecule has 0 unspecified atom stereocenters. The number of fused-ring (bicyclic) bond motifs is 2. The number of rotatable bonds is 4. The predicted octanol–water partition coefficient (Wildman–Crippen LogP) is 3.43. The molecular weight excluding hydrogens is 336 g/mol. The maximum absolute atomic E-state index is 12.0. The van der Waals surface area contributed by atoms with Crippen molar-refractivity contribution in [2.45, 2.75) is 43.9 Å². The summed E-state index contributed by atoms with van der Waals surface area (Å²) in [7, 11) is 2.18. The molecule has 1 aliphatic carbocycles. The predicted molar refractivity (Wildman–Crippen MR) is 106 cm³/mol. The van der Waals surface area contributed by atoms with Crippen LogP contribution >= 0.6 is 0 Å². The van der Waals surface area contributed by atoms with Crippen molar-refractivity contribution >= 4 is 5.91 Å². The van der Waals surface area contributed by atoms with Crippen LogP contribution in [0.5, 0.6) is 0 Å². The van der Waals surface area contributed by atoms with Crippen LogP contribution in [-0.4, -0.2) is 37.0 Å². The maximum atomic E-state index is 12.0. The van der Waals surface area contributed by atoms with Crippen LogP contribution in [0, 0.1) is 0 Å². The standard InChI is InChI=1S/C23H28N2O2/c1-17(26)24-21-19-10-6-7-11-20(19)23(12-14-25(2)15-13-23)22(21)27-16-18-8-4-3-5-9-18/h3-11,21-22H,12-16H2,1-2H3,(H,24,26)/t21-,22+/m1/s1. The zero-order valence-corrected chi connectivity index (χ0v) is 16.2. The number of likely N-dealkylation sites (tertiary alicyclic amines) is 1. The molecule has 1 aliphatic heterocycles. The highest BCUT2D eigenvalue weighted by Gasteiger charge is 2.53. The van der Waals surface area contributed by atoms with E-state index in [0.29, 0.717) is 6.61 Å². The molecule has 0 radical (unpaired) electrons. The summed E-state index contributed by atoms with van der Waals surface area (Å²) in [6.07, 6.45) is 2.05. The van der Waals surface area contributed by atoms with Crippen LogP contribution in [0.2, 0.25) is 0 Å². The molecule has 1 spiro atoms. The number of nitrogens with one attached hydrogen (secondary N) is 1. The van der Waals surface area contributed by atoms with Crippen molar-refractivity contribution in [3.8, 4) is 0 Å². The molecule has 2 aromatic rings. The molecule has 0 saturated carbocycles. The number of amides is 1. The third-order valence-electron chi connectivity index (χ3n) is 6.19. The van der Waals surface area contributed by atoms with Gasteiger partial charge >= 0.3 is 0 Å². The maximum Gasteiger partial charge on any atom is 0.217 e. The molecule has 2 atom stereocenters. The first-order valence-corrected chi connectivity index (χ1v) is 9.81. The Balaban J connectivity index is 1.70. The zero-order valence-electron chi connectivity index (χ0n) is 16.2. The molecule has 4 heteroatoms. The van der Waals surface area contributed by atoms with Gasteiger partial charge in [0.05, 0.1) is 18.8 Å². The molecule has 4 nitrogen and oxygen atoms in total. The molecule has 4 rings (SSSR count). The highest BCUT2D eigenvalue weighted by Crippen LogP contribution is 2.52. The van der Waals surface area contributed by atoms with E-state index < -0.39 is 0 Å². The van der Waals surface area contributed by atoms with Crippen LogP contribution < -0.4 is 5.32 Å². The summed E-state index contributed by atoms with van der Waals surface area (Å²) < 4.78 is 6.58. The largest absolute Gasteiger partial charge is 0.370 e. The second-order valence-corrected chi connectivity index (χ2v) is 7.94. The van der Waals surface area contributed by atoms with Crippen LogP contribution in [0.1, 0.15) is 42.5 Å². The van der Waals surface area contributed by atoms with Gasteiger partial charge in [0.15, 0.2) is 0 Å². The van der Waals surface area contributed by atoms with Gasteiger partial charge in [-0.2, -0.15) is 0 Å². The van der Waals surface area contributed by atoms with Gasteiger partial charge < -0.3 is 15.0 Å². The number of carbonyl (C=O) groups excluding carboxylic acids is 1. The summed E-state index contributed by atoms with van der Waals surface area (Å²) in [4.78, 5) is 14.4. The molecule has 142 valence electrons. The molecule has 1 fully saturated rings. The van der Waals surface area contributed by atoms with Crippen LogP contribution in [0.15, 0.2) is 54.6 Å². The van der Waals surface area contributed by atoms with Crippen LogP contribution in [0.3, 0.4) is 0 Å². The Morgan fingerprint density at radius 1 is 1.11 bits per heavy atom.